The van der Waals surface area contributed by atoms with Crippen LogP contribution in [0.25, 0.3) is 26.9 Å². The van der Waals surface area contributed by atoms with Crippen molar-refractivity contribution in [2.45, 2.75) is 59.7 Å². The van der Waals surface area contributed by atoms with Gasteiger partial charge < -0.3 is 9.47 Å². The average molecular weight is 498 g/mol. The first-order chi connectivity index (χ1) is 16.1. The van der Waals surface area contributed by atoms with Crippen molar-refractivity contribution in [1.29, 1.82) is 0 Å². The predicted molar refractivity (Wildman–Crippen MR) is 143 cm³/mol. The number of hydrogen-bond donors (Lipinski definition) is 0. The number of nitrogens with zero attached hydrogens (tertiary/aromatic N) is 1. The zero-order chi connectivity index (χ0) is 25.0. The number of rotatable bonds is 8. The van der Waals surface area contributed by atoms with Crippen molar-refractivity contribution < 1.29 is 14.3 Å². The van der Waals surface area contributed by atoms with E-state index in [1.54, 1.807) is 18.3 Å². The lowest BCUT2D eigenvalue weighted by Gasteiger charge is -2.29. The molecule has 34 heavy (non-hydrogen) atoms. The molecule has 0 radical (unpaired) electrons. The van der Waals surface area contributed by atoms with Gasteiger partial charge in [0.1, 0.15) is 5.01 Å². The highest BCUT2D eigenvalue weighted by Crippen LogP contribution is 2.44. The summed E-state index contributed by atoms with van der Waals surface area (Å²) in [6.45, 7) is 15.9. The van der Waals surface area contributed by atoms with Crippen LogP contribution in [0.4, 0.5) is 0 Å². The molecule has 1 heterocycles. The third kappa shape index (κ3) is 5.77. The minimum atomic E-state index is -0.884. The van der Waals surface area contributed by atoms with Crippen LogP contribution in [0.2, 0.25) is 5.02 Å². The Bertz CT molecular complexity index is 1220. The lowest BCUT2D eigenvalue weighted by molar-refractivity contribution is -0.166. The molecular weight excluding hydrogens is 466 g/mol. The standard InChI is InChI=1S/C28H32ClNO3S/c1-8-11-18(9-2)26-30-21-16-17(4)22(24(27(31)32-10-3)33-28(5,6)7)23(25(21)34-26)19-12-14-20(29)15-13-19/h9,11-16,24H,2,8,10H2,1,3-7H3/b18-11+/t24-/m0/s1. The maximum atomic E-state index is 13.2. The summed E-state index contributed by atoms with van der Waals surface area (Å²) in [5.41, 5.74) is 4.86. The van der Waals surface area contributed by atoms with Gasteiger partial charge in [0.15, 0.2) is 6.10 Å². The van der Waals surface area contributed by atoms with Crippen molar-refractivity contribution in [3.8, 4) is 11.1 Å². The minimum Gasteiger partial charge on any atom is -0.464 e. The van der Waals surface area contributed by atoms with Crippen molar-refractivity contribution >= 4 is 44.7 Å². The van der Waals surface area contributed by atoms with Crippen molar-refractivity contribution in [3.63, 3.8) is 0 Å². The van der Waals surface area contributed by atoms with Crippen molar-refractivity contribution in [3.05, 3.63) is 70.2 Å². The monoisotopic (exact) mass is 497 g/mol. The van der Waals surface area contributed by atoms with Crippen LogP contribution in [0.3, 0.4) is 0 Å². The molecule has 0 N–H and O–H groups in total. The van der Waals surface area contributed by atoms with E-state index in [1.165, 1.54) is 0 Å². The van der Waals surface area contributed by atoms with Gasteiger partial charge in [0.2, 0.25) is 0 Å². The highest BCUT2D eigenvalue weighted by Gasteiger charge is 2.33. The third-order valence-corrected chi connectivity index (χ3v) is 6.58. The van der Waals surface area contributed by atoms with Crippen LogP contribution in [0.15, 0.2) is 49.1 Å². The molecule has 0 saturated heterocycles. The van der Waals surface area contributed by atoms with Crippen LogP contribution in [-0.2, 0) is 14.3 Å². The van der Waals surface area contributed by atoms with Crippen LogP contribution in [-0.4, -0.2) is 23.2 Å². The van der Waals surface area contributed by atoms with Gasteiger partial charge >= 0.3 is 5.97 Å². The number of esters is 1. The van der Waals surface area contributed by atoms with Crippen molar-refractivity contribution in [2.75, 3.05) is 6.61 Å². The molecule has 6 heteroatoms. The quantitative estimate of drug-likeness (QED) is 0.232. The Hall–Kier alpha value is -2.47. The van der Waals surface area contributed by atoms with E-state index in [0.29, 0.717) is 5.02 Å². The number of carbonyl (C=O) groups excluding carboxylic acids is 1. The summed E-state index contributed by atoms with van der Waals surface area (Å²) in [7, 11) is 0. The SMILES string of the molecule is C=C/C(=C\CC)c1nc2cc(C)c([C@H](OC(C)(C)C)C(=O)OCC)c(-c3ccc(Cl)cc3)c2s1. The van der Waals surface area contributed by atoms with Gasteiger partial charge in [-0.1, -0.05) is 49.4 Å². The van der Waals surface area contributed by atoms with Crippen LogP contribution in [0, 0.1) is 6.92 Å². The molecule has 3 rings (SSSR count). The smallest absolute Gasteiger partial charge is 0.339 e. The molecule has 0 unspecified atom stereocenters. The van der Waals surface area contributed by atoms with Crippen LogP contribution in [0.1, 0.15) is 63.3 Å². The molecule has 0 amide bonds. The fourth-order valence-electron chi connectivity index (χ4n) is 3.85. The maximum Gasteiger partial charge on any atom is 0.339 e. The number of carbonyl (C=O) groups is 1. The Kier molecular flexibility index (Phi) is 8.34. The van der Waals surface area contributed by atoms with E-state index in [0.717, 1.165) is 49.5 Å². The molecule has 1 atom stereocenters. The summed E-state index contributed by atoms with van der Waals surface area (Å²) in [4.78, 5) is 18.1. The highest BCUT2D eigenvalue weighted by atomic mass is 35.5. The van der Waals surface area contributed by atoms with Gasteiger partial charge in [-0.2, -0.15) is 0 Å². The summed E-state index contributed by atoms with van der Waals surface area (Å²) in [6, 6.07) is 9.67. The second kappa shape index (κ2) is 10.9. The Balaban J connectivity index is 2.39. The third-order valence-electron chi connectivity index (χ3n) is 5.19. The molecule has 2 aromatic carbocycles. The van der Waals surface area contributed by atoms with Gasteiger partial charge in [0, 0.05) is 21.7 Å². The van der Waals surface area contributed by atoms with Gasteiger partial charge in [-0.25, -0.2) is 9.78 Å². The number of hydrogen-bond acceptors (Lipinski definition) is 5. The summed E-state index contributed by atoms with van der Waals surface area (Å²) in [6.07, 6.45) is 3.95. The Morgan fingerprint density at radius 3 is 2.47 bits per heavy atom. The van der Waals surface area contributed by atoms with Crippen LogP contribution >= 0.6 is 22.9 Å². The van der Waals surface area contributed by atoms with E-state index >= 15 is 0 Å². The molecule has 3 aromatic rings. The Labute approximate surface area is 211 Å². The van der Waals surface area contributed by atoms with Crippen LogP contribution in [0.5, 0.6) is 0 Å². The lowest BCUT2D eigenvalue weighted by Crippen LogP contribution is -2.29. The first-order valence-corrected chi connectivity index (χ1v) is 12.7. The number of aromatic nitrogens is 1. The highest BCUT2D eigenvalue weighted by molar-refractivity contribution is 7.20. The van der Waals surface area contributed by atoms with E-state index in [1.807, 2.05) is 64.1 Å². The number of allylic oxidation sites excluding steroid dienone is 3. The first kappa shape index (κ1) is 26.1. The minimum absolute atomic E-state index is 0.273. The number of benzene rings is 2. The van der Waals surface area contributed by atoms with E-state index < -0.39 is 17.7 Å². The number of halogens is 1. The number of fused-ring (bicyclic) bond motifs is 1. The van der Waals surface area contributed by atoms with Crippen molar-refractivity contribution in [2.24, 2.45) is 0 Å². The summed E-state index contributed by atoms with van der Waals surface area (Å²) < 4.78 is 12.8. The number of thiazole rings is 1. The topological polar surface area (TPSA) is 48.4 Å². The van der Waals surface area contributed by atoms with Gasteiger partial charge in [-0.15, -0.1) is 11.3 Å². The summed E-state index contributed by atoms with van der Waals surface area (Å²) >= 11 is 7.79. The summed E-state index contributed by atoms with van der Waals surface area (Å²) in [5.74, 6) is -0.405. The number of ether oxygens (including phenoxy) is 2. The Morgan fingerprint density at radius 2 is 1.91 bits per heavy atom. The molecule has 0 aliphatic heterocycles. The van der Waals surface area contributed by atoms with Gasteiger partial charge in [-0.3, -0.25) is 0 Å². The largest absolute Gasteiger partial charge is 0.464 e. The molecule has 4 nitrogen and oxygen atoms in total. The second-order valence-corrected chi connectivity index (χ2v) is 10.4. The Morgan fingerprint density at radius 1 is 1.24 bits per heavy atom. The maximum absolute atomic E-state index is 13.2. The van der Waals surface area contributed by atoms with E-state index in [9.17, 15) is 4.79 Å². The first-order valence-electron chi connectivity index (χ1n) is 11.5. The molecule has 1 aromatic heterocycles. The molecule has 0 aliphatic carbocycles. The predicted octanol–water partition coefficient (Wildman–Crippen LogP) is 8.32. The molecule has 0 fully saturated rings. The lowest BCUT2D eigenvalue weighted by atomic mass is 9.91. The van der Waals surface area contributed by atoms with Gasteiger partial charge in [0.25, 0.3) is 0 Å². The molecule has 180 valence electrons. The molecule has 0 bridgehead atoms. The second-order valence-electron chi connectivity index (χ2n) is 8.99. The van der Waals surface area contributed by atoms with Gasteiger partial charge in [-0.05, 0) is 70.4 Å². The zero-order valence-corrected chi connectivity index (χ0v) is 22.3. The van der Waals surface area contributed by atoms with Gasteiger partial charge in [0.05, 0.1) is 22.4 Å². The molecule has 0 aliphatic rings. The summed E-state index contributed by atoms with van der Waals surface area (Å²) in [5, 5.41) is 1.54. The van der Waals surface area contributed by atoms with Crippen molar-refractivity contribution in [1.82, 2.24) is 4.98 Å². The zero-order valence-electron chi connectivity index (χ0n) is 20.7. The van der Waals surface area contributed by atoms with Crippen LogP contribution < -0.4 is 0 Å². The fraction of sp³-hybridized carbons (Fsp3) is 0.357. The van der Waals surface area contributed by atoms with E-state index in [4.69, 9.17) is 26.1 Å². The average Bonchev–Trinajstić information content (AvgIpc) is 3.18. The molecular formula is C28H32ClNO3S. The molecule has 0 saturated carbocycles. The fourth-order valence-corrected chi connectivity index (χ4v) is 5.14. The molecule has 0 spiro atoms. The van der Waals surface area contributed by atoms with E-state index in [2.05, 4.69) is 19.6 Å². The normalized spacial score (nSPS) is 13.2. The number of aryl methyl sites for hydroxylation is 1. The van der Waals surface area contributed by atoms with E-state index in [-0.39, 0.29) is 6.61 Å².